The molecule has 0 saturated carbocycles. The highest BCUT2D eigenvalue weighted by atomic mass is 32.2. The van der Waals surface area contributed by atoms with E-state index in [2.05, 4.69) is 23.1 Å². The molecule has 1 aliphatic heterocycles. The highest BCUT2D eigenvalue weighted by molar-refractivity contribution is 7.99. The number of esters is 1. The van der Waals surface area contributed by atoms with Gasteiger partial charge in [0.2, 0.25) is 0 Å². The number of rotatable bonds is 39. The number of thioether (sulfide) groups is 1. The van der Waals surface area contributed by atoms with Crippen molar-refractivity contribution in [2.75, 3.05) is 30.5 Å². The molecule has 356 valence electrons. The molecule has 0 amide bonds. The third-order valence-electron chi connectivity index (χ3n) is 10.7. The Morgan fingerprint density at radius 2 is 1.25 bits per heavy atom. The largest absolute Gasteiger partial charge is 0.481 e. The number of anilines is 1. The van der Waals surface area contributed by atoms with Gasteiger partial charge in [-0.05, 0) is 24.7 Å². The predicted molar refractivity (Wildman–Crippen MR) is 240 cm³/mol. The Kier molecular flexibility index (Phi) is 30.3. The fourth-order valence-corrected chi connectivity index (χ4v) is 10.3. The van der Waals surface area contributed by atoms with E-state index in [1.807, 2.05) is 0 Å². The minimum atomic E-state index is -5.32. The van der Waals surface area contributed by atoms with Gasteiger partial charge in [-0.25, -0.2) is 13.9 Å². The standard InChI is InChI=1S/C42H79N3O13P2S/c1-3-5-7-9-11-13-14-15-16-17-18-19-21-23-25-27-31-61-34-35(56-38(46)28-26-24-22-20-12-10-8-6-4-2)32-54-59(50,51)58-60(52,53)55-33-36-39(47)40(48)41(57-36)45-30-29-37(43)44-42(45)49/h29-30,35-36,39-41,47-48H,3-28,31-34H2,1-2H3,(H,50,51)(H,52,53)(H2,43,44,49)/t35?,36-,39-,40+,41-/m1/s1. The van der Waals surface area contributed by atoms with Crippen molar-refractivity contribution in [1.29, 1.82) is 0 Å². The summed E-state index contributed by atoms with van der Waals surface area (Å²) in [5.74, 6) is 0.539. The number of phosphoric acid groups is 2. The van der Waals surface area contributed by atoms with Crippen LogP contribution in [0.5, 0.6) is 0 Å². The molecule has 19 heteroatoms. The predicted octanol–water partition coefficient (Wildman–Crippen LogP) is 9.52. The second-order valence-corrected chi connectivity index (χ2v) is 20.5. The molecule has 1 saturated heterocycles. The average molecular weight is 928 g/mol. The number of carbonyl (C=O) groups is 1. The van der Waals surface area contributed by atoms with E-state index in [4.69, 9.17) is 24.3 Å². The molecule has 1 aromatic heterocycles. The summed E-state index contributed by atoms with van der Waals surface area (Å²) < 4.78 is 51.8. The number of unbranched alkanes of at least 4 members (excludes halogenated alkanes) is 23. The van der Waals surface area contributed by atoms with Gasteiger partial charge in [0.05, 0.1) is 13.2 Å². The molecule has 7 atom stereocenters. The zero-order valence-corrected chi connectivity index (χ0v) is 39.6. The smallest absolute Gasteiger partial charge is 0.459 e. The minimum absolute atomic E-state index is 0.0777. The van der Waals surface area contributed by atoms with Crippen LogP contribution < -0.4 is 11.4 Å². The summed E-state index contributed by atoms with van der Waals surface area (Å²) in [6.07, 6.45) is 24.5. The van der Waals surface area contributed by atoms with Gasteiger partial charge in [-0.15, -0.1) is 0 Å². The highest BCUT2D eigenvalue weighted by Gasteiger charge is 2.46. The van der Waals surface area contributed by atoms with E-state index < -0.39 is 71.2 Å². The Morgan fingerprint density at radius 1 is 0.770 bits per heavy atom. The molecule has 0 aromatic carbocycles. The van der Waals surface area contributed by atoms with Gasteiger partial charge in [-0.2, -0.15) is 21.1 Å². The second kappa shape index (κ2) is 33.2. The first-order valence-corrected chi connectivity index (χ1v) is 27.2. The maximum absolute atomic E-state index is 12.8. The number of aliphatic hydroxyl groups excluding tert-OH is 2. The number of ether oxygens (including phenoxy) is 2. The lowest BCUT2D eigenvalue weighted by molar-refractivity contribution is -0.149. The van der Waals surface area contributed by atoms with Crippen LogP contribution in [0.4, 0.5) is 5.82 Å². The number of aliphatic hydroxyl groups is 2. The molecule has 2 heterocycles. The maximum atomic E-state index is 12.8. The van der Waals surface area contributed by atoms with Crippen LogP contribution in [0.25, 0.3) is 0 Å². The quantitative estimate of drug-likeness (QED) is 0.0235. The zero-order valence-electron chi connectivity index (χ0n) is 37.0. The molecule has 2 rings (SSSR count). The van der Waals surface area contributed by atoms with Gasteiger partial charge >= 0.3 is 27.3 Å². The van der Waals surface area contributed by atoms with Crippen LogP contribution >= 0.6 is 27.4 Å². The Balaban J connectivity index is 1.76. The van der Waals surface area contributed by atoms with Crippen LogP contribution in [0, 0.1) is 0 Å². The second-order valence-electron chi connectivity index (χ2n) is 16.3. The van der Waals surface area contributed by atoms with Gasteiger partial charge in [0.15, 0.2) is 6.23 Å². The molecule has 0 aliphatic carbocycles. The van der Waals surface area contributed by atoms with Gasteiger partial charge in [0.25, 0.3) is 0 Å². The summed E-state index contributed by atoms with van der Waals surface area (Å²) in [5, 5.41) is 20.9. The van der Waals surface area contributed by atoms with Gasteiger partial charge in [-0.1, -0.05) is 162 Å². The number of hydrogen-bond acceptors (Lipinski definition) is 14. The Morgan fingerprint density at radius 3 is 1.75 bits per heavy atom. The number of nitrogens with zero attached hydrogens (tertiary/aromatic N) is 2. The molecule has 1 fully saturated rings. The van der Waals surface area contributed by atoms with Crippen LogP contribution in [0.15, 0.2) is 17.1 Å². The topological polar surface area (TPSA) is 239 Å². The van der Waals surface area contributed by atoms with Crippen LogP contribution in [-0.2, 0) is 36.8 Å². The SMILES string of the molecule is CCCCCCCCCCCCCCCCCCSCC(COP(=O)(O)OP(=O)(O)OC[C@H]1O[C@@H](n2ccc(N)nc2=O)[C@@H](O)[C@@H]1O)OC(=O)CCCCCCCCCCC. The monoisotopic (exact) mass is 927 g/mol. The van der Waals surface area contributed by atoms with Gasteiger partial charge in [0, 0.05) is 18.4 Å². The third kappa shape index (κ3) is 26.3. The normalized spacial score (nSPS) is 20.4. The summed E-state index contributed by atoms with van der Waals surface area (Å²) in [6, 6.07) is 1.27. The molecule has 61 heavy (non-hydrogen) atoms. The number of aromatic nitrogens is 2. The summed E-state index contributed by atoms with van der Waals surface area (Å²) >= 11 is 1.53. The van der Waals surface area contributed by atoms with Crippen molar-refractivity contribution in [2.45, 2.75) is 211 Å². The van der Waals surface area contributed by atoms with Crippen molar-refractivity contribution >= 4 is 39.2 Å². The van der Waals surface area contributed by atoms with Crippen LogP contribution in [0.3, 0.4) is 0 Å². The lowest BCUT2D eigenvalue weighted by Gasteiger charge is -2.21. The van der Waals surface area contributed by atoms with Crippen molar-refractivity contribution in [2.24, 2.45) is 0 Å². The van der Waals surface area contributed by atoms with Crippen molar-refractivity contribution in [3.8, 4) is 0 Å². The Labute approximate surface area is 369 Å². The number of phosphoric ester groups is 2. The van der Waals surface area contributed by atoms with Crippen LogP contribution in [-0.4, -0.2) is 84.7 Å². The summed E-state index contributed by atoms with van der Waals surface area (Å²) in [7, 11) is -10.6. The third-order valence-corrected chi connectivity index (χ3v) is 14.5. The number of nitrogen functional groups attached to an aromatic ring is 1. The molecule has 1 aromatic rings. The number of hydrogen-bond donors (Lipinski definition) is 5. The van der Waals surface area contributed by atoms with Gasteiger partial charge < -0.3 is 35.2 Å². The summed E-state index contributed by atoms with van der Waals surface area (Å²) in [6.45, 7) is 2.98. The van der Waals surface area contributed by atoms with E-state index in [1.165, 1.54) is 140 Å². The zero-order chi connectivity index (χ0) is 44.8. The molecular formula is C42H79N3O13P2S. The number of nitrogens with two attached hydrogens (primary N) is 1. The summed E-state index contributed by atoms with van der Waals surface area (Å²) in [4.78, 5) is 49.1. The van der Waals surface area contributed by atoms with E-state index >= 15 is 0 Å². The van der Waals surface area contributed by atoms with Crippen LogP contribution in [0.1, 0.15) is 187 Å². The first-order chi connectivity index (χ1) is 29.3. The molecule has 6 N–H and O–H groups in total. The maximum Gasteiger partial charge on any atom is 0.481 e. The van der Waals surface area contributed by atoms with Crippen molar-refractivity contribution in [3.63, 3.8) is 0 Å². The first kappa shape index (κ1) is 55.8. The minimum Gasteiger partial charge on any atom is -0.459 e. The molecule has 16 nitrogen and oxygen atoms in total. The van der Waals surface area contributed by atoms with Gasteiger partial charge in [0.1, 0.15) is 30.2 Å². The van der Waals surface area contributed by atoms with Gasteiger partial charge in [-0.3, -0.25) is 18.4 Å². The Hall–Kier alpha value is -1.36. The first-order valence-electron chi connectivity index (χ1n) is 23.1. The average Bonchev–Trinajstić information content (AvgIpc) is 3.49. The van der Waals surface area contributed by atoms with E-state index in [-0.39, 0.29) is 18.0 Å². The molecule has 0 spiro atoms. The van der Waals surface area contributed by atoms with E-state index in [0.29, 0.717) is 6.42 Å². The summed E-state index contributed by atoms with van der Waals surface area (Å²) in [5.41, 5.74) is 4.62. The fourth-order valence-electron chi connectivity index (χ4n) is 7.15. The van der Waals surface area contributed by atoms with Crippen LogP contribution in [0.2, 0.25) is 0 Å². The van der Waals surface area contributed by atoms with Crippen molar-refractivity contribution in [3.05, 3.63) is 22.7 Å². The highest BCUT2D eigenvalue weighted by Crippen LogP contribution is 2.60. The van der Waals surface area contributed by atoms with E-state index in [9.17, 15) is 38.7 Å². The lowest BCUT2D eigenvalue weighted by Crippen LogP contribution is -2.36. The molecule has 0 radical (unpaired) electrons. The van der Waals surface area contributed by atoms with E-state index in [1.54, 1.807) is 0 Å². The fraction of sp³-hybridized carbons (Fsp3) is 0.881. The van der Waals surface area contributed by atoms with Crippen molar-refractivity contribution < 1.29 is 56.8 Å². The van der Waals surface area contributed by atoms with E-state index in [0.717, 1.165) is 48.8 Å². The molecule has 3 unspecified atom stereocenters. The lowest BCUT2D eigenvalue weighted by atomic mass is 10.0. The number of carbonyl (C=O) groups excluding carboxylic acids is 1. The molecular weight excluding hydrogens is 848 g/mol. The molecule has 1 aliphatic rings. The molecule has 0 bridgehead atoms. The van der Waals surface area contributed by atoms with Crippen molar-refractivity contribution in [1.82, 2.24) is 9.55 Å². The Bertz CT molecular complexity index is 1460.